The number of nitrogens with zero attached hydrogens (tertiary/aromatic N) is 2. The number of para-hydroxylation sites is 2. The molecule has 0 aliphatic carbocycles. The average Bonchev–Trinajstić information content (AvgIpc) is 2.48. The van der Waals surface area contributed by atoms with Gasteiger partial charge in [-0.1, -0.05) is 12.1 Å². The lowest BCUT2D eigenvalue weighted by Gasteiger charge is -2.10. The molecule has 2 aromatic rings. The maximum absolute atomic E-state index is 12.1. The van der Waals surface area contributed by atoms with E-state index in [1.807, 2.05) is 26.0 Å². The van der Waals surface area contributed by atoms with Crippen molar-refractivity contribution >= 4 is 17.4 Å². The Hall–Kier alpha value is -2.63. The summed E-state index contributed by atoms with van der Waals surface area (Å²) in [6.45, 7) is 4.01. The predicted octanol–water partition coefficient (Wildman–Crippen LogP) is 2.56. The normalized spacial score (nSPS) is 10.3. The lowest BCUT2D eigenvalue weighted by molar-refractivity contribution is 0.102. The van der Waals surface area contributed by atoms with Crippen LogP contribution in [0.2, 0.25) is 0 Å². The number of hydrogen-bond acceptors (Lipinski definition) is 5. The first-order chi connectivity index (χ1) is 10.1. The van der Waals surface area contributed by atoms with Crippen molar-refractivity contribution in [3.63, 3.8) is 0 Å². The van der Waals surface area contributed by atoms with Crippen molar-refractivity contribution in [2.24, 2.45) is 0 Å². The maximum Gasteiger partial charge on any atom is 0.276 e. The monoisotopic (exact) mass is 286 g/mol. The second-order valence-corrected chi connectivity index (χ2v) is 4.76. The fourth-order valence-corrected chi connectivity index (χ4v) is 1.76. The van der Waals surface area contributed by atoms with Gasteiger partial charge in [0.25, 0.3) is 5.91 Å². The summed E-state index contributed by atoms with van der Waals surface area (Å²) >= 11 is 0. The number of aromatic nitrogens is 2. The molecule has 1 aromatic carbocycles. The minimum absolute atomic E-state index is 0.246. The largest absolute Gasteiger partial charge is 0.495 e. The van der Waals surface area contributed by atoms with E-state index in [0.29, 0.717) is 17.3 Å². The van der Waals surface area contributed by atoms with Crippen LogP contribution in [-0.4, -0.2) is 29.3 Å². The Morgan fingerprint density at radius 2 is 1.90 bits per heavy atom. The third-order valence-corrected chi connectivity index (χ3v) is 2.69. The third kappa shape index (κ3) is 3.92. The average molecular weight is 286 g/mol. The van der Waals surface area contributed by atoms with Crippen molar-refractivity contribution in [2.75, 3.05) is 17.7 Å². The summed E-state index contributed by atoms with van der Waals surface area (Å²) in [6, 6.07) is 10.8. The number of carbonyl (C=O) groups is 1. The molecule has 1 heterocycles. The molecule has 0 radical (unpaired) electrons. The molecule has 0 fully saturated rings. The van der Waals surface area contributed by atoms with Crippen molar-refractivity contribution in [1.29, 1.82) is 0 Å². The predicted molar refractivity (Wildman–Crippen MR) is 81.7 cm³/mol. The van der Waals surface area contributed by atoms with Gasteiger partial charge >= 0.3 is 0 Å². The topological polar surface area (TPSA) is 76.1 Å². The molecule has 21 heavy (non-hydrogen) atoms. The molecule has 0 saturated carbocycles. The van der Waals surface area contributed by atoms with Crippen molar-refractivity contribution in [1.82, 2.24) is 10.2 Å². The Balaban J connectivity index is 2.09. The molecular formula is C15H18N4O2. The smallest absolute Gasteiger partial charge is 0.276 e. The van der Waals surface area contributed by atoms with Crippen LogP contribution in [0.3, 0.4) is 0 Å². The number of rotatable bonds is 5. The highest BCUT2D eigenvalue weighted by Gasteiger charge is 2.11. The number of amides is 1. The first kappa shape index (κ1) is 14.8. The quantitative estimate of drug-likeness (QED) is 0.883. The van der Waals surface area contributed by atoms with E-state index in [4.69, 9.17) is 4.74 Å². The summed E-state index contributed by atoms with van der Waals surface area (Å²) < 4.78 is 5.18. The van der Waals surface area contributed by atoms with Crippen LogP contribution in [-0.2, 0) is 0 Å². The molecule has 2 N–H and O–H groups in total. The summed E-state index contributed by atoms with van der Waals surface area (Å²) in [5.41, 5.74) is 0.839. The molecule has 110 valence electrons. The van der Waals surface area contributed by atoms with E-state index in [0.717, 1.165) is 0 Å². The van der Waals surface area contributed by atoms with Crippen LogP contribution in [0.5, 0.6) is 5.75 Å². The van der Waals surface area contributed by atoms with Gasteiger partial charge in [0.2, 0.25) is 0 Å². The van der Waals surface area contributed by atoms with Crippen LogP contribution in [0.1, 0.15) is 24.3 Å². The number of benzene rings is 1. The Morgan fingerprint density at radius 3 is 2.52 bits per heavy atom. The molecule has 0 aliphatic heterocycles. The summed E-state index contributed by atoms with van der Waals surface area (Å²) in [5, 5.41) is 13.8. The van der Waals surface area contributed by atoms with E-state index >= 15 is 0 Å². The highest BCUT2D eigenvalue weighted by molar-refractivity contribution is 6.03. The Kier molecular flexibility index (Phi) is 4.71. The van der Waals surface area contributed by atoms with Crippen molar-refractivity contribution in [2.45, 2.75) is 19.9 Å². The highest BCUT2D eigenvalue weighted by Crippen LogP contribution is 2.23. The minimum atomic E-state index is -0.330. The number of ether oxygens (including phenoxy) is 1. The van der Waals surface area contributed by atoms with Gasteiger partial charge in [-0.05, 0) is 38.1 Å². The molecular weight excluding hydrogens is 268 g/mol. The Labute approximate surface area is 123 Å². The van der Waals surface area contributed by atoms with E-state index in [2.05, 4.69) is 20.8 Å². The zero-order valence-electron chi connectivity index (χ0n) is 12.3. The molecule has 0 unspecified atom stereocenters. The molecule has 0 saturated heterocycles. The standard InChI is InChI=1S/C15H18N4O2/c1-10(2)16-14-9-8-12(18-19-14)15(20)17-11-6-4-5-7-13(11)21-3/h4-10H,1-3H3,(H,16,19)(H,17,20). The van der Waals surface area contributed by atoms with E-state index in [1.165, 1.54) is 0 Å². The van der Waals surface area contributed by atoms with Crippen molar-refractivity contribution < 1.29 is 9.53 Å². The van der Waals surface area contributed by atoms with Crippen LogP contribution >= 0.6 is 0 Å². The van der Waals surface area contributed by atoms with Gasteiger partial charge in [-0.3, -0.25) is 4.79 Å². The number of hydrogen-bond donors (Lipinski definition) is 2. The van der Waals surface area contributed by atoms with Gasteiger partial charge in [-0.2, -0.15) is 0 Å². The van der Waals surface area contributed by atoms with Crippen LogP contribution in [0.4, 0.5) is 11.5 Å². The van der Waals surface area contributed by atoms with Gasteiger partial charge in [0.1, 0.15) is 11.6 Å². The summed E-state index contributed by atoms with van der Waals surface area (Å²) in [7, 11) is 1.55. The third-order valence-electron chi connectivity index (χ3n) is 2.69. The van der Waals surface area contributed by atoms with Crippen LogP contribution in [0.25, 0.3) is 0 Å². The highest BCUT2D eigenvalue weighted by atomic mass is 16.5. The first-order valence-electron chi connectivity index (χ1n) is 6.65. The SMILES string of the molecule is COc1ccccc1NC(=O)c1ccc(NC(C)C)nn1. The van der Waals surface area contributed by atoms with Gasteiger partial charge in [0.15, 0.2) is 5.69 Å². The van der Waals surface area contributed by atoms with E-state index in [-0.39, 0.29) is 17.6 Å². The number of anilines is 2. The van der Waals surface area contributed by atoms with Gasteiger partial charge in [-0.15, -0.1) is 10.2 Å². The lowest BCUT2D eigenvalue weighted by atomic mass is 10.2. The first-order valence-corrected chi connectivity index (χ1v) is 6.65. The lowest BCUT2D eigenvalue weighted by Crippen LogP contribution is -2.16. The fourth-order valence-electron chi connectivity index (χ4n) is 1.76. The Morgan fingerprint density at radius 1 is 1.14 bits per heavy atom. The molecule has 0 aliphatic rings. The van der Waals surface area contributed by atoms with Gasteiger partial charge in [-0.25, -0.2) is 0 Å². The number of nitrogens with one attached hydrogen (secondary N) is 2. The molecule has 0 spiro atoms. The molecule has 0 atom stereocenters. The zero-order chi connectivity index (χ0) is 15.2. The summed E-state index contributed by atoms with van der Waals surface area (Å²) in [4.78, 5) is 12.1. The van der Waals surface area contributed by atoms with E-state index < -0.39 is 0 Å². The van der Waals surface area contributed by atoms with E-state index in [9.17, 15) is 4.79 Å². The number of carbonyl (C=O) groups excluding carboxylic acids is 1. The van der Waals surface area contributed by atoms with E-state index in [1.54, 1.807) is 31.4 Å². The number of methoxy groups -OCH3 is 1. The summed E-state index contributed by atoms with van der Waals surface area (Å²) in [6.07, 6.45) is 0. The Bertz CT molecular complexity index is 611. The fraction of sp³-hybridized carbons (Fsp3) is 0.267. The maximum atomic E-state index is 12.1. The molecule has 2 rings (SSSR count). The van der Waals surface area contributed by atoms with Crippen LogP contribution in [0, 0.1) is 0 Å². The molecule has 1 aromatic heterocycles. The van der Waals surface area contributed by atoms with Crippen LogP contribution in [0.15, 0.2) is 36.4 Å². The molecule has 0 bridgehead atoms. The van der Waals surface area contributed by atoms with Crippen LogP contribution < -0.4 is 15.4 Å². The molecule has 6 heteroatoms. The molecule has 1 amide bonds. The van der Waals surface area contributed by atoms with Gasteiger partial charge < -0.3 is 15.4 Å². The second kappa shape index (κ2) is 6.69. The summed E-state index contributed by atoms with van der Waals surface area (Å²) in [5.74, 6) is 0.902. The molecule has 6 nitrogen and oxygen atoms in total. The van der Waals surface area contributed by atoms with Gasteiger partial charge in [0.05, 0.1) is 12.8 Å². The zero-order valence-corrected chi connectivity index (χ0v) is 12.3. The van der Waals surface area contributed by atoms with Gasteiger partial charge in [0, 0.05) is 6.04 Å². The van der Waals surface area contributed by atoms with Crippen molar-refractivity contribution in [3.8, 4) is 5.75 Å². The minimum Gasteiger partial charge on any atom is -0.495 e. The van der Waals surface area contributed by atoms with Crippen molar-refractivity contribution in [3.05, 3.63) is 42.1 Å². The second-order valence-electron chi connectivity index (χ2n) is 4.76.